The number of rotatable bonds is 8. The Morgan fingerprint density at radius 3 is 2.23 bits per heavy atom. The van der Waals surface area contributed by atoms with E-state index in [1.54, 1.807) is 6.92 Å². The zero-order valence-electron chi connectivity index (χ0n) is 19.1. The number of carbonyl (C=O) groups excluding carboxylic acids is 2. The van der Waals surface area contributed by atoms with Crippen LogP contribution in [-0.4, -0.2) is 35.7 Å². The second kappa shape index (κ2) is 10.4. The fraction of sp³-hybridized carbons (Fsp3) is 0.222. The molecule has 180 valence electrons. The topological polar surface area (TPSA) is 105 Å². The molecule has 0 bridgehead atoms. The number of benzene rings is 3. The van der Waals surface area contributed by atoms with Crippen LogP contribution in [-0.2, 0) is 9.53 Å². The van der Waals surface area contributed by atoms with E-state index in [0.29, 0.717) is 6.42 Å². The number of aromatic carboxylic acids is 1. The monoisotopic (exact) mass is 476 g/mol. The summed E-state index contributed by atoms with van der Waals surface area (Å²) in [4.78, 5) is 35.4. The second-order valence-corrected chi connectivity index (χ2v) is 8.46. The standard InChI is InChI=1S/C27H25FN2O5/c1-16(10-13-25(31)30-24-12-11-17(26(32)33)14-23(24)28)29-27(34)35-15-22-20-8-4-2-6-18(20)19-7-3-5-9-21(19)22/h2-9,11-12,14,16,22H,10,13,15H2,1H3,(H,29,34)(H,30,31)(H,32,33). The summed E-state index contributed by atoms with van der Waals surface area (Å²) in [6, 6.07) is 19.0. The van der Waals surface area contributed by atoms with Gasteiger partial charge in [-0.2, -0.15) is 0 Å². The first-order chi connectivity index (χ1) is 16.8. The molecule has 3 aromatic carbocycles. The summed E-state index contributed by atoms with van der Waals surface area (Å²) in [5.41, 5.74) is 4.22. The van der Waals surface area contributed by atoms with Gasteiger partial charge >= 0.3 is 12.1 Å². The molecule has 3 aromatic rings. The maximum absolute atomic E-state index is 14.0. The van der Waals surface area contributed by atoms with E-state index in [1.165, 1.54) is 12.1 Å². The quantitative estimate of drug-likeness (QED) is 0.416. The van der Waals surface area contributed by atoms with Gasteiger partial charge in [0.25, 0.3) is 0 Å². The van der Waals surface area contributed by atoms with Crippen molar-refractivity contribution in [2.24, 2.45) is 0 Å². The third-order valence-corrected chi connectivity index (χ3v) is 6.00. The van der Waals surface area contributed by atoms with Gasteiger partial charge in [-0.15, -0.1) is 0 Å². The lowest BCUT2D eigenvalue weighted by Crippen LogP contribution is -2.34. The van der Waals surface area contributed by atoms with Crippen LogP contribution in [0.15, 0.2) is 66.7 Å². The Hall–Kier alpha value is -4.20. The lowest BCUT2D eigenvalue weighted by Gasteiger charge is -2.17. The highest BCUT2D eigenvalue weighted by Crippen LogP contribution is 2.44. The Kier molecular flexibility index (Phi) is 7.10. The van der Waals surface area contributed by atoms with E-state index in [-0.39, 0.29) is 36.2 Å². The normalized spacial score (nSPS) is 12.9. The van der Waals surface area contributed by atoms with Crippen LogP contribution < -0.4 is 10.6 Å². The highest BCUT2D eigenvalue weighted by Gasteiger charge is 2.29. The van der Waals surface area contributed by atoms with Crippen molar-refractivity contribution in [3.8, 4) is 11.1 Å². The van der Waals surface area contributed by atoms with Gasteiger partial charge in [0.15, 0.2) is 0 Å². The van der Waals surface area contributed by atoms with E-state index in [1.807, 2.05) is 36.4 Å². The minimum Gasteiger partial charge on any atom is -0.478 e. The number of carboxylic acids is 1. The van der Waals surface area contributed by atoms with E-state index in [0.717, 1.165) is 28.3 Å². The summed E-state index contributed by atoms with van der Waals surface area (Å²) in [6.07, 6.45) is -0.231. The third kappa shape index (κ3) is 5.48. The van der Waals surface area contributed by atoms with Gasteiger partial charge in [-0.25, -0.2) is 14.0 Å². The molecule has 1 aliphatic carbocycles. The SMILES string of the molecule is CC(CCC(=O)Nc1ccc(C(=O)O)cc1F)NC(=O)OCC1c2ccccc2-c2ccccc21. The van der Waals surface area contributed by atoms with Crippen molar-refractivity contribution in [2.45, 2.75) is 31.7 Å². The predicted molar refractivity (Wildman–Crippen MR) is 129 cm³/mol. The van der Waals surface area contributed by atoms with E-state index >= 15 is 0 Å². The largest absolute Gasteiger partial charge is 0.478 e. The van der Waals surface area contributed by atoms with Crippen molar-refractivity contribution in [1.29, 1.82) is 0 Å². The zero-order chi connectivity index (χ0) is 24.9. The van der Waals surface area contributed by atoms with Crippen molar-refractivity contribution in [3.63, 3.8) is 0 Å². The second-order valence-electron chi connectivity index (χ2n) is 8.46. The molecule has 8 heteroatoms. The van der Waals surface area contributed by atoms with Gasteiger partial charge in [0.1, 0.15) is 12.4 Å². The summed E-state index contributed by atoms with van der Waals surface area (Å²) in [5, 5.41) is 14.0. The van der Waals surface area contributed by atoms with Crippen LogP contribution in [0.2, 0.25) is 0 Å². The van der Waals surface area contributed by atoms with E-state index in [9.17, 15) is 18.8 Å². The number of ether oxygens (including phenoxy) is 1. The molecule has 1 aliphatic rings. The number of carbonyl (C=O) groups is 3. The molecule has 0 saturated heterocycles. The van der Waals surface area contributed by atoms with E-state index < -0.39 is 23.8 Å². The molecule has 0 aromatic heterocycles. The number of fused-ring (bicyclic) bond motifs is 3. The van der Waals surface area contributed by atoms with Crippen molar-refractivity contribution in [1.82, 2.24) is 5.32 Å². The molecule has 0 spiro atoms. The van der Waals surface area contributed by atoms with Crippen LogP contribution in [0.4, 0.5) is 14.9 Å². The summed E-state index contributed by atoms with van der Waals surface area (Å²) < 4.78 is 19.5. The van der Waals surface area contributed by atoms with Crippen LogP contribution in [0.25, 0.3) is 11.1 Å². The Labute approximate surface area is 201 Å². The van der Waals surface area contributed by atoms with Gasteiger partial charge in [-0.05, 0) is 53.8 Å². The number of anilines is 1. The highest BCUT2D eigenvalue weighted by molar-refractivity contribution is 5.92. The molecule has 4 rings (SSSR count). The fourth-order valence-corrected chi connectivity index (χ4v) is 4.22. The van der Waals surface area contributed by atoms with E-state index in [4.69, 9.17) is 9.84 Å². The van der Waals surface area contributed by atoms with Gasteiger partial charge in [0.2, 0.25) is 5.91 Å². The van der Waals surface area contributed by atoms with Crippen molar-refractivity contribution < 1.29 is 28.6 Å². The third-order valence-electron chi connectivity index (χ3n) is 6.00. The first kappa shape index (κ1) is 23.9. The Balaban J connectivity index is 1.25. The number of hydrogen-bond donors (Lipinski definition) is 3. The van der Waals surface area contributed by atoms with Crippen LogP contribution in [0, 0.1) is 5.82 Å². The van der Waals surface area contributed by atoms with Crippen LogP contribution in [0.5, 0.6) is 0 Å². The van der Waals surface area contributed by atoms with E-state index in [2.05, 4.69) is 22.8 Å². The molecule has 0 saturated carbocycles. The van der Waals surface area contributed by atoms with Crippen LogP contribution >= 0.6 is 0 Å². The number of carboxylic acid groups (broad SMARTS) is 1. The van der Waals surface area contributed by atoms with Crippen molar-refractivity contribution in [2.75, 3.05) is 11.9 Å². The molecule has 0 fully saturated rings. The van der Waals surface area contributed by atoms with Crippen LogP contribution in [0.3, 0.4) is 0 Å². The molecular formula is C27H25FN2O5. The maximum atomic E-state index is 14.0. The molecule has 1 unspecified atom stereocenters. The van der Waals surface area contributed by atoms with Crippen molar-refractivity contribution >= 4 is 23.7 Å². The molecule has 0 radical (unpaired) electrons. The first-order valence-electron chi connectivity index (χ1n) is 11.3. The first-order valence-corrected chi connectivity index (χ1v) is 11.3. The summed E-state index contributed by atoms with van der Waals surface area (Å²) in [5.74, 6) is -2.58. The minimum absolute atomic E-state index is 0.0327. The molecular weight excluding hydrogens is 451 g/mol. The average Bonchev–Trinajstić information content (AvgIpc) is 3.16. The Morgan fingerprint density at radius 2 is 1.63 bits per heavy atom. The number of hydrogen-bond acceptors (Lipinski definition) is 4. The molecule has 35 heavy (non-hydrogen) atoms. The van der Waals surface area contributed by atoms with Gasteiger partial charge in [-0.3, -0.25) is 4.79 Å². The lowest BCUT2D eigenvalue weighted by molar-refractivity contribution is -0.116. The van der Waals surface area contributed by atoms with Crippen LogP contribution in [0.1, 0.15) is 47.2 Å². The predicted octanol–water partition coefficient (Wildman–Crippen LogP) is 5.17. The zero-order valence-corrected chi connectivity index (χ0v) is 19.1. The minimum atomic E-state index is -1.25. The van der Waals surface area contributed by atoms with Gasteiger partial charge in [0.05, 0.1) is 11.3 Å². The van der Waals surface area contributed by atoms with Gasteiger partial charge in [-0.1, -0.05) is 48.5 Å². The lowest BCUT2D eigenvalue weighted by atomic mass is 9.98. The summed E-state index contributed by atoms with van der Waals surface area (Å²) in [6.45, 7) is 1.94. The molecule has 0 aliphatic heterocycles. The Bertz CT molecular complexity index is 1230. The number of halogens is 1. The molecule has 2 amide bonds. The molecule has 3 N–H and O–H groups in total. The summed E-state index contributed by atoms with van der Waals surface area (Å²) >= 11 is 0. The number of nitrogens with one attached hydrogen (secondary N) is 2. The molecule has 0 heterocycles. The van der Waals surface area contributed by atoms with Gasteiger partial charge in [0, 0.05) is 18.4 Å². The number of alkyl carbamates (subject to hydrolysis) is 1. The Morgan fingerprint density at radius 1 is 1.00 bits per heavy atom. The number of amides is 2. The molecule has 1 atom stereocenters. The van der Waals surface area contributed by atoms with Crippen molar-refractivity contribution in [3.05, 3.63) is 89.2 Å². The fourth-order valence-electron chi connectivity index (χ4n) is 4.22. The maximum Gasteiger partial charge on any atom is 0.407 e. The highest BCUT2D eigenvalue weighted by atomic mass is 19.1. The van der Waals surface area contributed by atoms with Gasteiger partial charge < -0.3 is 20.5 Å². The summed E-state index contributed by atoms with van der Waals surface area (Å²) in [7, 11) is 0. The smallest absolute Gasteiger partial charge is 0.407 e. The average molecular weight is 477 g/mol. The molecule has 7 nitrogen and oxygen atoms in total.